The Balaban J connectivity index is 1.76. The summed E-state index contributed by atoms with van der Waals surface area (Å²) in [4.78, 5) is 25.5. The summed E-state index contributed by atoms with van der Waals surface area (Å²) in [5.41, 5.74) is 2.20. The highest BCUT2D eigenvalue weighted by molar-refractivity contribution is 5.90. The lowest BCUT2D eigenvalue weighted by molar-refractivity contribution is 0.0696. The number of carboxylic acids is 1. The molecule has 1 heterocycles. The van der Waals surface area contributed by atoms with E-state index < -0.39 is 5.97 Å². The molecule has 3 rings (SSSR count). The number of carbonyl (C=O) groups excluding carboxylic acids is 1. The maximum Gasteiger partial charge on any atom is 0.335 e. The van der Waals surface area contributed by atoms with E-state index in [0.717, 1.165) is 18.4 Å². The zero-order valence-electron chi connectivity index (χ0n) is 13.5. The summed E-state index contributed by atoms with van der Waals surface area (Å²) < 4.78 is 0. The van der Waals surface area contributed by atoms with Gasteiger partial charge in [-0.15, -0.1) is 0 Å². The van der Waals surface area contributed by atoms with Crippen molar-refractivity contribution in [1.29, 1.82) is 5.26 Å². The first-order valence-electron chi connectivity index (χ1n) is 7.99. The number of anilines is 1. The number of hydrogen-bond donors (Lipinski definition) is 2. The average Bonchev–Trinajstić information content (AvgIpc) is 3.12. The Kier molecular flexibility index (Phi) is 4.66. The molecule has 0 unspecified atom stereocenters. The van der Waals surface area contributed by atoms with Crippen LogP contribution in [0.3, 0.4) is 0 Å². The standard InChI is InChI=1S/C19H17N3O3/c20-12-13-6-8-16(9-7-13)21-19(25)22-10-2-5-17(22)14-3-1-4-15(11-14)18(23)24/h1,3-4,6-9,11,17H,2,5,10H2,(H,21,25)(H,23,24)/t17-/m1/s1. The van der Waals surface area contributed by atoms with Gasteiger partial charge in [-0.2, -0.15) is 5.26 Å². The van der Waals surface area contributed by atoms with E-state index in [0.29, 0.717) is 17.8 Å². The van der Waals surface area contributed by atoms with E-state index in [1.165, 1.54) is 0 Å². The number of carbonyl (C=O) groups is 2. The number of rotatable bonds is 3. The fourth-order valence-electron chi connectivity index (χ4n) is 3.06. The van der Waals surface area contributed by atoms with Crippen LogP contribution in [0.25, 0.3) is 0 Å². The topological polar surface area (TPSA) is 93.4 Å². The highest BCUT2D eigenvalue weighted by atomic mass is 16.4. The van der Waals surface area contributed by atoms with Crippen molar-refractivity contribution in [3.05, 3.63) is 65.2 Å². The second-order valence-electron chi connectivity index (χ2n) is 5.90. The molecule has 0 bridgehead atoms. The van der Waals surface area contributed by atoms with Gasteiger partial charge in [-0.3, -0.25) is 0 Å². The first-order valence-corrected chi connectivity index (χ1v) is 7.99. The monoisotopic (exact) mass is 335 g/mol. The van der Waals surface area contributed by atoms with Crippen LogP contribution in [0, 0.1) is 11.3 Å². The molecule has 25 heavy (non-hydrogen) atoms. The van der Waals surface area contributed by atoms with Gasteiger partial charge < -0.3 is 15.3 Å². The summed E-state index contributed by atoms with van der Waals surface area (Å²) in [7, 11) is 0. The van der Waals surface area contributed by atoms with Crippen LogP contribution >= 0.6 is 0 Å². The van der Waals surface area contributed by atoms with Crippen LogP contribution in [-0.4, -0.2) is 28.6 Å². The number of carboxylic acid groups (broad SMARTS) is 1. The lowest BCUT2D eigenvalue weighted by atomic mass is 10.0. The minimum Gasteiger partial charge on any atom is -0.478 e. The van der Waals surface area contributed by atoms with Crippen molar-refractivity contribution in [3.63, 3.8) is 0 Å². The first kappa shape index (κ1) is 16.5. The van der Waals surface area contributed by atoms with Gasteiger partial charge in [0.1, 0.15) is 0 Å². The van der Waals surface area contributed by atoms with E-state index >= 15 is 0 Å². The Morgan fingerprint density at radius 1 is 1.20 bits per heavy atom. The molecule has 126 valence electrons. The third kappa shape index (κ3) is 3.61. The van der Waals surface area contributed by atoms with Crippen molar-refractivity contribution in [1.82, 2.24) is 4.90 Å². The first-order chi connectivity index (χ1) is 12.1. The molecule has 1 atom stereocenters. The normalized spacial score (nSPS) is 16.3. The molecule has 0 saturated carbocycles. The molecule has 2 aromatic carbocycles. The lowest BCUT2D eigenvalue weighted by Crippen LogP contribution is -2.34. The van der Waals surface area contributed by atoms with Gasteiger partial charge in [-0.05, 0) is 54.8 Å². The van der Waals surface area contributed by atoms with Gasteiger partial charge in [0.25, 0.3) is 0 Å². The fraction of sp³-hybridized carbons (Fsp3) is 0.211. The van der Waals surface area contributed by atoms with Crippen molar-refractivity contribution in [2.75, 3.05) is 11.9 Å². The summed E-state index contributed by atoms with van der Waals surface area (Å²) in [5, 5.41) is 20.8. The van der Waals surface area contributed by atoms with Crippen LogP contribution in [0.2, 0.25) is 0 Å². The molecule has 6 nitrogen and oxygen atoms in total. The Hall–Kier alpha value is -3.33. The third-order valence-electron chi connectivity index (χ3n) is 4.30. The summed E-state index contributed by atoms with van der Waals surface area (Å²) >= 11 is 0. The van der Waals surface area contributed by atoms with Crippen molar-refractivity contribution in [2.45, 2.75) is 18.9 Å². The average molecular weight is 335 g/mol. The molecular formula is C19H17N3O3. The van der Waals surface area contributed by atoms with E-state index in [1.807, 2.05) is 12.1 Å². The van der Waals surface area contributed by atoms with Crippen LogP contribution in [0.5, 0.6) is 0 Å². The van der Waals surface area contributed by atoms with Crippen molar-refractivity contribution >= 4 is 17.7 Å². The predicted molar refractivity (Wildman–Crippen MR) is 92.3 cm³/mol. The Morgan fingerprint density at radius 3 is 2.64 bits per heavy atom. The SMILES string of the molecule is N#Cc1ccc(NC(=O)N2CCC[C@@H]2c2cccc(C(=O)O)c2)cc1. The highest BCUT2D eigenvalue weighted by Gasteiger charge is 2.30. The van der Waals surface area contributed by atoms with Gasteiger partial charge in [0, 0.05) is 12.2 Å². The van der Waals surface area contributed by atoms with Crippen molar-refractivity contribution < 1.29 is 14.7 Å². The van der Waals surface area contributed by atoms with Crippen LogP contribution in [0.15, 0.2) is 48.5 Å². The summed E-state index contributed by atoms with van der Waals surface area (Å²) in [6, 6.07) is 15.1. The number of benzene rings is 2. The number of likely N-dealkylation sites (tertiary alicyclic amines) is 1. The second-order valence-corrected chi connectivity index (χ2v) is 5.90. The summed E-state index contributed by atoms with van der Waals surface area (Å²) in [5.74, 6) is -0.978. The fourth-order valence-corrected chi connectivity index (χ4v) is 3.06. The number of hydrogen-bond acceptors (Lipinski definition) is 3. The molecule has 1 fully saturated rings. The number of urea groups is 1. The van der Waals surface area contributed by atoms with Crippen LogP contribution in [0.1, 0.15) is 40.4 Å². The van der Waals surface area contributed by atoms with Gasteiger partial charge in [-0.1, -0.05) is 12.1 Å². The maximum atomic E-state index is 12.6. The molecule has 2 aromatic rings. The molecule has 6 heteroatoms. The van der Waals surface area contributed by atoms with E-state index in [9.17, 15) is 9.59 Å². The minimum absolute atomic E-state index is 0.141. The zero-order valence-corrected chi connectivity index (χ0v) is 13.5. The lowest BCUT2D eigenvalue weighted by Gasteiger charge is -2.25. The third-order valence-corrected chi connectivity index (χ3v) is 4.30. The van der Waals surface area contributed by atoms with Crippen LogP contribution in [0.4, 0.5) is 10.5 Å². The molecule has 2 amide bonds. The van der Waals surface area contributed by atoms with Gasteiger partial charge >= 0.3 is 12.0 Å². The summed E-state index contributed by atoms with van der Waals surface area (Å²) in [6.45, 7) is 0.615. The number of nitriles is 1. The number of amides is 2. The van der Waals surface area contributed by atoms with E-state index in [-0.39, 0.29) is 17.6 Å². The summed E-state index contributed by atoms with van der Waals surface area (Å²) in [6.07, 6.45) is 1.66. The predicted octanol–water partition coefficient (Wildman–Crippen LogP) is 3.63. The zero-order chi connectivity index (χ0) is 17.8. The second kappa shape index (κ2) is 7.05. The van der Waals surface area contributed by atoms with Crippen LogP contribution < -0.4 is 5.32 Å². The van der Waals surface area contributed by atoms with E-state index in [4.69, 9.17) is 10.4 Å². The number of nitrogens with zero attached hydrogens (tertiary/aromatic N) is 2. The maximum absolute atomic E-state index is 12.6. The Morgan fingerprint density at radius 2 is 1.96 bits per heavy atom. The van der Waals surface area contributed by atoms with Crippen LogP contribution in [-0.2, 0) is 0 Å². The molecule has 1 saturated heterocycles. The highest BCUT2D eigenvalue weighted by Crippen LogP contribution is 2.32. The van der Waals surface area contributed by atoms with Gasteiger partial charge in [0.15, 0.2) is 0 Å². The van der Waals surface area contributed by atoms with Gasteiger partial charge in [0.05, 0.1) is 23.2 Å². The van der Waals surface area contributed by atoms with Gasteiger partial charge in [0.2, 0.25) is 0 Å². The number of nitrogens with one attached hydrogen (secondary N) is 1. The molecule has 1 aliphatic rings. The van der Waals surface area contributed by atoms with E-state index in [2.05, 4.69) is 5.32 Å². The molecule has 0 aromatic heterocycles. The van der Waals surface area contributed by atoms with Crippen molar-refractivity contribution in [3.8, 4) is 6.07 Å². The molecule has 0 radical (unpaired) electrons. The quantitative estimate of drug-likeness (QED) is 0.895. The number of aromatic carboxylic acids is 1. The minimum atomic E-state index is -0.978. The molecular weight excluding hydrogens is 318 g/mol. The molecule has 0 spiro atoms. The Labute approximate surface area is 145 Å². The molecule has 1 aliphatic heterocycles. The van der Waals surface area contributed by atoms with Gasteiger partial charge in [-0.25, -0.2) is 9.59 Å². The molecule has 0 aliphatic carbocycles. The Bertz CT molecular complexity index is 840. The van der Waals surface area contributed by atoms with Crippen molar-refractivity contribution in [2.24, 2.45) is 0 Å². The molecule has 2 N–H and O–H groups in total. The largest absolute Gasteiger partial charge is 0.478 e. The van der Waals surface area contributed by atoms with E-state index in [1.54, 1.807) is 47.4 Å². The smallest absolute Gasteiger partial charge is 0.335 e.